The third-order valence-electron chi connectivity index (χ3n) is 1.47. The highest BCUT2D eigenvalue weighted by Crippen LogP contribution is 1.88. The Morgan fingerprint density at radius 3 is 2.46 bits per heavy atom. The molecule has 5 nitrogen and oxygen atoms in total. The van der Waals surface area contributed by atoms with Crippen LogP contribution >= 0.6 is 0 Å². The Morgan fingerprint density at radius 2 is 2.08 bits per heavy atom. The van der Waals surface area contributed by atoms with Gasteiger partial charge >= 0.3 is 0 Å². The van der Waals surface area contributed by atoms with Crippen molar-refractivity contribution in [2.24, 2.45) is 10.8 Å². The Balaban J connectivity index is 3.91. The molecule has 4 N–H and O–H groups in total. The minimum Gasteiger partial charge on any atom is -0.380 e. The van der Waals surface area contributed by atoms with E-state index in [4.69, 9.17) is 10.6 Å². The van der Waals surface area contributed by atoms with Crippen molar-refractivity contribution in [1.82, 2.24) is 10.7 Å². The highest BCUT2D eigenvalue weighted by atomic mass is 16.5. The van der Waals surface area contributed by atoms with Crippen molar-refractivity contribution < 1.29 is 4.74 Å². The van der Waals surface area contributed by atoms with Crippen LogP contribution in [0.5, 0.6) is 0 Å². The van der Waals surface area contributed by atoms with E-state index in [2.05, 4.69) is 15.7 Å². The summed E-state index contributed by atoms with van der Waals surface area (Å²) in [7, 11) is 1.66. The molecule has 0 heterocycles. The molecule has 0 rings (SSSR count). The molecule has 13 heavy (non-hydrogen) atoms. The number of methoxy groups -OCH3 is 1. The van der Waals surface area contributed by atoms with Crippen LogP contribution in [0.15, 0.2) is 4.99 Å². The normalized spacial score (nSPS) is 14.5. The third kappa shape index (κ3) is 6.36. The summed E-state index contributed by atoms with van der Waals surface area (Å²) in [5.74, 6) is 5.86. The van der Waals surface area contributed by atoms with E-state index in [1.54, 1.807) is 7.11 Å². The van der Waals surface area contributed by atoms with Crippen LogP contribution in [0.3, 0.4) is 0 Å². The van der Waals surface area contributed by atoms with E-state index in [-0.39, 0.29) is 6.10 Å². The first-order valence-corrected chi connectivity index (χ1v) is 4.40. The van der Waals surface area contributed by atoms with Gasteiger partial charge in [0.1, 0.15) is 0 Å². The quantitative estimate of drug-likeness (QED) is 0.248. The lowest BCUT2D eigenvalue weighted by molar-refractivity contribution is 0.125. The van der Waals surface area contributed by atoms with E-state index in [9.17, 15) is 0 Å². The van der Waals surface area contributed by atoms with Crippen molar-refractivity contribution in [2.45, 2.75) is 32.9 Å². The van der Waals surface area contributed by atoms with Crippen molar-refractivity contribution >= 4 is 5.96 Å². The summed E-state index contributed by atoms with van der Waals surface area (Å²) in [5.41, 5.74) is 2.50. The first kappa shape index (κ1) is 12.2. The predicted octanol–water partition coefficient (Wildman–Crippen LogP) is -0.161. The minimum absolute atomic E-state index is 0.109. The van der Waals surface area contributed by atoms with Gasteiger partial charge in [0.25, 0.3) is 0 Å². The Hall–Kier alpha value is -0.810. The van der Waals surface area contributed by atoms with Gasteiger partial charge in [-0.2, -0.15) is 0 Å². The second-order valence-electron chi connectivity index (χ2n) is 3.18. The second kappa shape index (κ2) is 6.68. The molecule has 5 heteroatoms. The van der Waals surface area contributed by atoms with Crippen LogP contribution in [0.25, 0.3) is 0 Å². The summed E-state index contributed by atoms with van der Waals surface area (Å²) in [4.78, 5) is 4.20. The topological polar surface area (TPSA) is 71.7 Å². The lowest BCUT2D eigenvalue weighted by Gasteiger charge is -2.13. The summed E-state index contributed by atoms with van der Waals surface area (Å²) in [6, 6.07) is 0.313. The van der Waals surface area contributed by atoms with Crippen molar-refractivity contribution in [3.8, 4) is 0 Å². The average molecular weight is 188 g/mol. The SMILES string of the molecule is COC(C)CN=C(NN)NC(C)C. The molecule has 0 aromatic rings. The van der Waals surface area contributed by atoms with Crippen molar-refractivity contribution in [2.75, 3.05) is 13.7 Å². The van der Waals surface area contributed by atoms with Gasteiger partial charge in [-0.1, -0.05) is 0 Å². The molecule has 0 saturated carbocycles. The molecule has 0 radical (unpaired) electrons. The monoisotopic (exact) mass is 188 g/mol. The zero-order valence-electron chi connectivity index (χ0n) is 8.79. The first-order valence-electron chi connectivity index (χ1n) is 4.40. The van der Waals surface area contributed by atoms with Gasteiger partial charge in [0, 0.05) is 13.2 Å². The molecule has 0 bridgehead atoms. The number of hydrazine groups is 1. The summed E-state index contributed by atoms with van der Waals surface area (Å²) in [5, 5.41) is 3.07. The first-order chi connectivity index (χ1) is 6.10. The van der Waals surface area contributed by atoms with Crippen molar-refractivity contribution in [1.29, 1.82) is 0 Å². The molecule has 0 spiro atoms. The van der Waals surface area contributed by atoms with Crippen LogP contribution < -0.4 is 16.6 Å². The van der Waals surface area contributed by atoms with Gasteiger partial charge in [-0.15, -0.1) is 0 Å². The summed E-state index contributed by atoms with van der Waals surface area (Å²) in [6.45, 7) is 6.59. The van der Waals surface area contributed by atoms with E-state index in [0.29, 0.717) is 18.5 Å². The standard InChI is InChI=1S/C8H20N4O/c1-6(2)11-8(12-9)10-5-7(3)13-4/h6-7H,5,9H2,1-4H3,(H2,10,11,12). The number of hydrogen-bond acceptors (Lipinski definition) is 3. The molecule has 1 unspecified atom stereocenters. The maximum absolute atomic E-state index is 5.26. The average Bonchev–Trinajstić information content (AvgIpc) is 2.10. The maximum Gasteiger partial charge on any atom is 0.206 e. The summed E-state index contributed by atoms with van der Waals surface area (Å²) in [6.07, 6.45) is 0.109. The van der Waals surface area contributed by atoms with Crippen LogP contribution in [0.4, 0.5) is 0 Å². The fraction of sp³-hybridized carbons (Fsp3) is 0.875. The number of guanidine groups is 1. The highest BCUT2D eigenvalue weighted by Gasteiger charge is 2.00. The van der Waals surface area contributed by atoms with Gasteiger partial charge in [-0.25, -0.2) is 10.8 Å². The van der Waals surface area contributed by atoms with Crippen LogP contribution in [0.1, 0.15) is 20.8 Å². The van der Waals surface area contributed by atoms with E-state index < -0.39 is 0 Å². The van der Waals surface area contributed by atoms with Crippen LogP contribution in [0, 0.1) is 0 Å². The second-order valence-corrected chi connectivity index (χ2v) is 3.18. The zero-order chi connectivity index (χ0) is 10.3. The number of nitrogens with one attached hydrogen (secondary N) is 2. The van der Waals surface area contributed by atoms with Crippen LogP contribution in [-0.2, 0) is 4.74 Å². The van der Waals surface area contributed by atoms with Gasteiger partial charge in [-0.3, -0.25) is 5.43 Å². The molecule has 1 atom stereocenters. The molecular formula is C8H20N4O. The number of rotatable bonds is 4. The lowest BCUT2D eigenvalue weighted by atomic mass is 10.4. The van der Waals surface area contributed by atoms with E-state index in [0.717, 1.165) is 0 Å². The highest BCUT2D eigenvalue weighted by molar-refractivity contribution is 5.79. The van der Waals surface area contributed by atoms with E-state index in [1.165, 1.54) is 0 Å². The zero-order valence-corrected chi connectivity index (χ0v) is 8.79. The maximum atomic E-state index is 5.26. The Kier molecular flexibility index (Phi) is 6.26. The van der Waals surface area contributed by atoms with Gasteiger partial charge in [0.05, 0.1) is 12.6 Å². The number of hydrogen-bond donors (Lipinski definition) is 3. The van der Waals surface area contributed by atoms with Crippen molar-refractivity contribution in [3.63, 3.8) is 0 Å². The third-order valence-corrected chi connectivity index (χ3v) is 1.47. The summed E-state index contributed by atoms with van der Waals surface area (Å²) < 4.78 is 5.05. The molecular weight excluding hydrogens is 168 g/mol. The van der Waals surface area contributed by atoms with Gasteiger partial charge in [-0.05, 0) is 20.8 Å². The van der Waals surface area contributed by atoms with Gasteiger partial charge in [0.15, 0.2) is 0 Å². The smallest absolute Gasteiger partial charge is 0.206 e. The largest absolute Gasteiger partial charge is 0.380 e. The van der Waals surface area contributed by atoms with Gasteiger partial charge < -0.3 is 10.1 Å². The number of nitrogens with zero attached hydrogens (tertiary/aromatic N) is 1. The van der Waals surface area contributed by atoms with Crippen LogP contribution in [-0.4, -0.2) is 31.8 Å². The summed E-state index contributed by atoms with van der Waals surface area (Å²) >= 11 is 0. The fourth-order valence-corrected chi connectivity index (χ4v) is 0.701. The molecule has 0 aromatic heterocycles. The Labute approximate surface area is 79.7 Å². The van der Waals surface area contributed by atoms with Crippen LogP contribution in [0.2, 0.25) is 0 Å². The fourth-order valence-electron chi connectivity index (χ4n) is 0.701. The molecule has 78 valence electrons. The van der Waals surface area contributed by atoms with Crippen molar-refractivity contribution in [3.05, 3.63) is 0 Å². The molecule has 0 aliphatic heterocycles. The van der Waals surface area contributed by atoms with E-state index in [1.807, 2.05) is 20.8 Å². The molecule has 0 fully saturated rings. The molecule has 0 amide bonds. The lowest BCUT2D eigenvalue weighted by Crippen LogP contribution is -2.45. The Bertz CT molecular complexity index is 158. The molecule has 0 aliphatic rings. The number of ether oxygens (including phenoxy) is 1. The van der Waals surface area contributed by atoms with E-state index >= 15 is 0 Å². The Morgan fingerprint density at radius 1 is 1.46 bits per heavy atom. The molecule has 0 aromatic carbocycles. The number of aliphatic imine (C=N–C) groups is 1. The van der Waals surface area contributed by atoms with Gasteiger partial charge in [0.2, 0.25) is 5.96 Å². The number of nitrogens with two attached hydrogens (primary N) is 1. The minimum atomic E-state index is 0.109. The molecule has 0 aliphatic carbocycles. The predicted molar refractivity (Wildman–Crippen MR) is 54.4 cm³/mol. The molecule has 0 saturated heterocycles.